The SMILES string of the molecule is Cc1ccc2nc(N(CCCN(C)C)C(=O)c3nc4ccccc4s3)sc2c1. The average molecular weight is 411 g/mol. The maximum atomic E-state index is 13.4. The third-order valence-corrected chi connectivity index (χ3v) is 6.54. The van der Waals surface area contributed by atoms with Crippen LogP contribution in [-0.2, 0) is 0 Å². The number of aryl methyl sites for hydroxylation is 1. The highest BCUT2D eigenvalue weighted by Crippen LogP contribution is 2.31. The van der Waals surface area contributed by atoms with Crippen LogP contribution in [0.3, 0.4) is 0 Å². The quantitative estimate of drug-likeness (QED) is 0.458. The van der Waals surface area contributed by atoms with Crippen LogP contribution in [0.2, 0.25) is 0 Å². The fraction of sp³-hybridized carbons (Fsp3) is 0.286. The van der Waals surface area contributed by atoms with Crippen LogP contribution in [0, 0.1) is 6.92 Å². The molecule has 4 rings (SSSR count). The Hall–Kier alpha value is -2.35. The molecule has 0 fully saturated rings. The summed E-state index contributed by atoms with van der Waals surface area (Å²) in [7, 11) is 4.08. The molecule has 0 aliphatic heterocycles. The molecule has 5 nitrogen and oxygen atoms in total. The van der Waals surface area contributed by atoms with Gasteiger partial charge in [0.25, 0.3) is 5.91 Å². The number of benzene rings is 2. The highest BCUT2D eigenvalue weighted by atomic mass is 32.1. The van der Waals surface area contributed by atoms with Crippen molar-refractivity contribution in [3.63, 3.8) is 0 Å². The minimum absolute atomic E-state index is 0.0734. The van der Waals surface area contributed by atoms with Gasteiger partial charge in [0.1, 0.15) is 0 Å². The zero-order chi connectivity index (χ0) is 19.7. The highest BCUT2D eigenvalue weighted by Gasteiger charge is 2.24. The summed E-state index contributed by atoms with van der Waals surface area (Å²) in [4.78, 5) is 26.6. The van der Waals surface area contributed by atoms with Crippen molar-refractivity contribution in [3.8, 4) is 0 Å². The van der Waals surface area contributed by atoms with Gasteiger partial charge in [0.05, 0.1) is 20.4 Å². The van der Waals surface area contributed by atoms with E-state index in [1.807, 2.05) is 44.4 Å². The Morgan fingerprint density at radius 1 is 0.964 bits per heavy atom. The van der Waals surface area contributed by atoms with Gasteiger partial charge >= 0.3 is 0 Å². The third kappa shape index (κ3) is 3.92. The minimum Gasteiger partial charge on any atom is -0.309 e. The molecule has 0 saturated heterocycles. The van der Waals surface area contributed by atoms with E-state index < -0.39 is 0 Å². The number of thiazole rings is 2. The molecule has 4 aromatic rings. The number of amides is 1. The molecular weight excluding hydrogens is 388 g/mol. The number of anilines is 1. The summed E-state index contributed by atoms with van der Waals surface area (Å²) in [6, 6.07) is 14.1. The van der Waals surface area contributed by atoms with Crippen LogP contribution in [0.5, 0.6) is 0 Å². The molecule has 0 bridgehead atoms. The van der Waals surface area contributed by atoms with Gasteiger partial charge in [0.2, 0.25) is 0 Å². The van der Waals surface area contributed by atoms with Crippen molar-refractivity contribution in [2.45, 2.75) is 13.3 Å². The van der Waals surface area contributed by atoms with Crippen molar-refractivity contribution in [1.29, 1.82) is 0 Å². The standard InChI is InChI=1S/C21H22N4OS2/c1-14-9-10-16-18(13-14)28-21(23-16)25(12-6-11-24(2)3)20(26)19-22-15-7-4-5-8-17(15)27-19/h4-5,7-10,13H,6,11-12H2,1-3H3. The van der Waals surface area contributed by atoms with E-state index in [0.717, 1.165) is 38.5 Å². The van der Waals surface area contributed by atoms with Gasteiger partial charge in [-0.05, 0) is 63.8 Å². The Labute approximate surface area is 172 Å². The van der Waals surface area contributed by atoms with E-state index in [2.05, 4.69) is 28.9 Å². The van der Waals surface area contributed by atoms with Crippen molar-refractivity contribution in [2.24, 2.45) is 0 Å². The zero-order valence-corrected chi connectivity index (χ0v) is 17.8. The maximum Gasteiger partial charge on any atom is 0.289 e. The predicted octanol–water partition coefficient (Wildman–Crippen LogP) is 4.81. The summed E-state index contributed by atoms with van der Waals surface area (Å²) in [6.45, 7) is 3.60. The van der Waals surface area contributed by atoms with Crippen LogP contribution in [-0.4, -0.2) is 48.0 Å². The second-order valence-electron chi connectivity index (χ2n) is 7.07. The summed E-state index contributed by atoms with van der Waals surface area (Å²) in [5.74, 6) is -0.0734. The largest absolute Gasteiger partial charge is 0.309 e. The van der Waals surface area contributed by atoms with Gasteiger partial charge in [0, 0.05) is 6.54 Å². The third-order valence-electron chi connectivity index (χ3n) is 4.47. The maximum absolute atomic E-state index is 13.4. The Morgan fingerprint density at radius 3 is 2.54 bits per heavy atom. The first-order chi connectivity index (χ1) is 13.5. The van der Waals surface area contributed by atoms with Crippen LogP contribution in [0.25, 0.3) is 20.4 Å². The summed E-state index contributed by atoms with van der Waals surface area (Å²) in [5, 5.41) is 1.25. The number of hydrogen-bond acceptors (Lipinski definition) is 6. The van der Waals surface area contributed by atoms with Gasteiger partial charge < -0.3 is 4.90 Å². The van der Waals surface area contributed by atoms with Gasteiger partial charge in [-0.25, -0.2) is 9.97 Å². The van der Waals surface area contributed by atoms with Gasteiger partial charge in [0.15, 0.2) is 10.1 Å². The van der Waals surface area contributed by atoms with Crippen LogP contribution in [0.4, 0.5) is 5.13 Å². The van der Waals surface area contributed by atoms with E-state index >= 15 is 0 Å². The minimum atomic E-state index is -0.0734. The predicted molar refractivity (Wildman–Crippen MR) is 119 cm³/mol. The molecule has 0 aliphatic carbocycles. The van der Waals surface area contributed by atoms with Crippen LogP contribution >= 0.6 is 22.7 Å². The topological polar surface area (TPSA) is 49.3 Å². The fourth-order valence-electron chi connectivity index (χ4n) is 3.04. The molecule has 2 heterocycles. The molecule has 1 amide bonds. The van der Waals surface area contributed by atoms with Gasteiger partial charge in [-0.2, -0.15) is 0 Å². The number of para-hydroxylation sites is 1. The Bertz CT molecular complexity index is 1100. The van der Waals surface area contributed by atoms with E-state index in [-0.39, 0.29) is 5.91 Å². The van der Waals surface area contributed by atoms with Crippen LogP contribution in [0.1, 0.15) is 21.8 Å². The monoisotopic (exact) mass is 410 g/mol. The van der Waals surface area contributed by atoms with E-state index in [0.29, 0.717) is 11.6 Å². The summed E-state index contributed by atoms with van der Waals surface area (Å²) < 4.78 is 2.13. The molecule has 28 heavy (non-hydrogen) atoms. The lowest BCUT2D eigenvalue weighted by Gasteiger charge is -2.19. The normalized spacial score (nSPS) is 11.6. The lowest BCUT2D eigenvalue weighted by atomic mass is 10.2. The lowest BCUT2D eigenvalue weighted by molar-refractivity contribution is 0.0986. The van der Waals surface area contributed by atoms with Crippen molar-refractivity contribution < 1.29 is 4.79 Å². The molecule has 0 unspecified atom stereocenters. The molecule has 0 saturated carbocycles. The van der Waals surface area contributed by atoms with Gasteiger partial charge in [-0.15, -0.1) is 11.3 Å². The highest BCUT2D eigenvalue weighted by molar-refractivity contribution is 7.23. The molecule has 0 radical (unpaired) electrons. The molecule has 0 spiro atoms. The first kappa shape index (κ1) is 19.0. The smallest absolute Gasteiger partial charge is 0.289 e. The van der Waals surface area contributed by atoms with Crippen LogP contribution in [0.15, 0.2) is 42.5 Å². The second-order valence-corrected chi connectivity index (χ2v) is 9.11. The molecule has 7 heteroatoms. The molecule has 0 aliphatic rings. The molecule has 144 valence electrons. The van der Waals surface area contributed by atoms with Crippen LogP contribution < -0.4 is 4.90 Å². The average Bonchev–Trinajstić information content (AvgIpc) is 3.27. The number of aromatic nitrogens is 2. The lowest BCUT2D eigenvalue weighted by Crippen LogP contribution is -2.33. The summed E-state index contributed by atoms with van der Waals surface area (Å²) in [5.41, 5.74) is 2.99. The number of nitrogens with zero attached hydrogens (tertiary/aromatic N) is 4. The first-order valence-corrected chi connectivity index (χ1v) is 10.8. The molecule has 2 aromatic carbocycles. The van der Waals surface area contributed by atoms with Crippen molar-refractivity contribution >= 4 is 54.1 Å². The molecule has 2 aromatic heterocycles. The van der Waals surface area contributed by atoms with E-state index in [9.17, 15) is 4.79 Å². The fourth-order valence-corrected chi connectivity index (χ4v) is 5.05. The number of fused-ring (bicyclic) bond motifs is 2. The van der Waals surface area contributed by atoms with Crippen molar-refractivity contribution in [3.05, 3.63) is 53.0 Å². The van der Waals surface area contributed by atoms with E-state index in [1.165, 1.54) is 16.9 Å². The van der Waals surface area contributed by atoms with Crippen molar-refractivity contribution in [2.75, 3.05) is 32.1 Å². The molecule has 0 atom stereocenters. The Kier molecular flexibility index (Phi) is 5.39. The zero-order valence-electron chi connectivity index (χ0n) is 16.2. The van der Waals surface area contributed by atoms with Gasteiger partial charge in [-0.1, -0.05) is 29.5 Å². The Balaban J connectivity index is 1.69. The van der Waals surface area contributed by atoms with E-state index in [4.69, 9.17) is 4.98 Å². The number of hydrogen-bond donors (Lipinski definition) is 0. The summed E-state index contributed by atoms with van der Waals surface area (Å²) >= 11 is 3.01. The first-order valence-electron chi connectivity index (χ1n) is 9.20. The van der Waals surface area contributed by atoms with Crippen molar-refractivity contribution in [1.82, 2.24) is 14.9 Å². The Morgan fingerprint density at radius 2 is 1.75 bits per heavy atom. The van der Waals surface area contributed by atoms with Gasteiger partial charge in [-0.3, -0.25) is 9.69 Å². The molecule has 0 N–H and O–H groups in total. The number of carbonyl (C=O) groups excluding carboxylic acids is 1. The molecular formula is C21H22N4OS2. The van der Waals surface area contributed by atoms with E-state index in [1.54, 1.807) is 16.2 Å². The number of carbonyl (C=O) groups is 1. The number of rotatable bonds is 6. The summed E-state index contributed by atoms with van der Waals surface area (Å²) in [6.07, 6.45) is 0.874. The second kappa shape index (κ2) is 7.95.